The highest BCUT2D eigenvalue weighted by atomic mass is 79.9. The second-order valence-corrected chi connectivity index (χ2v) is 5.37. The van der Waals surface area contributed by atoms with Crippen LogP contribution in [-0.4, -0.2) is 19.1 Å². The van der Waals surface area contributed by atoms with E-state index in [9.17, 15) is 0 Å². The third-order valence-electron chi connectivity index (χ3n) is 3.40. The van der Waals surface area contributed by atoms with Gasteiger partial charge in [0.2, 0.25) is 0 Å². The van der Waals surface area contributed by atoms with Crippen LogP contribution in [0.4, 0.5) is 11.4 Å². The maximum absolute atomic E-state index is 3.69. The molecule has 2 aliphatic rings. The van der Waals surface area contributed by atoms with E-state index in [1.165, 1.54) is 40.8 Å². The molecule has 2 aliphatic heterocycles. The van der Waals surface area contributed by atoms with E-state index in [2.05, 4.69) is 45.2 Å². The van der Waals surface area contributed by atoms with Gasteiger partial charge in [-0.3, -0.25) is 0 Å². The normalized spacial score (nSPS) is 23.3. The van der Waals surface area contributed by atoms with Crippen molar-refractivity contribution in [3.8, 4) is 0 Å². The summed E-state index contributed by atoms with van der Waals surface area (Å²) in [7, 11) is 0. The lowest BCUT2D eigenvalue weighted by Gasteiger charge is -2.35. The van der Waals surface area contributed by atoms with Crippen molar-refractivity contribution in [2.75, 3.05) is 23.3 Å². The van der Waals surface area contributed by atoms with Crippen LogP contribution in [-0.2, 0) is 0 Å². The van der Waals surface area contributed by atoms with Crippen molar-refractivity contribution in [1.29, 1.82) is 0 Å². The van der Waals surface area contributed by atoms with Gasteiger partial charge < -0.3 is 10.2 Å². The standard InChI is InChI=1S/C12H15BrN2/c1-8-5-10(13)12-11(6-8)14-7-9-3-2-4-15(9)12/h5-6,9,14H,2-4,7H2,1H3. The Kier molecular flexibility index (Phi) is 2.16. The second kappa shape index (κ2) is 3.41. The van der Waals surface area contributed by atoms with Crippen LogP contribution in [0.5, 0.6) is 0 Å². The molecule has 1 saturated heterocycles. The highest BCUT2D eigenvalue weighted by Crippen LogP contribution is 2.41. The topological polar surface area (TPSA) is 15.3 Å². The Morgan fingerprint density at radius 2 is 2.33 bits per heavy atom. The number of anilines is 2. The fourth-order valence-corrected chi connectivity index (χ4v) is 3.53. The minimum absolute atomic E-state index is 0.705. The molecule has 1 fully saturated rings. The lowest BCUT2D eigenvalue weighted by Crippen LogP contribution is -2.39. The van der Waals surface area contributed by atoms with Gasteiger partial charge >= 0.3 is 0 Å². The van der Waals surface area contributed by atoms with Crippen LogP contribution in [0.2, 0.25) is 0 Å². The average molecular weight is 267 g/mol. The van der Waals surface area contributed by atoms with E-state index < -0.39 is 0 Å². The Bertz CT molecular complexity index is 403. The van der Waals surface area contributed by atoms with Gasteiger partial charge in [-0.05, 0) is 53.4 Å². The number of hydrogen-bond acceptors (Lipinski definition) is 2. The van der Waals surface area contributed by atoms with Gasteiger partial charge in [-0.15, -0.1) is 0 Å². The Labute approximate surface area is 98.8 Å². The maximum Gasteiger partial charge on any atom is 0.0749 e. The van der Waals surface area contributed by atoms with Crippen molar-refractivity contribution in [2.24, 2.45) is 0 Å². The van der Waals surface area contributed by atoms with Gasteiger partial charge in [0.15, 0.2) is 0 Å². The zero-order valence-corrected chi connectivity index (χ0v) is 10.5. The number of aryl methyl sites for hydroxylation is 1. The number of halogens is 1. The summed E-state index contributed by atoms with van der Waals surface area (Å²) in [6, 6.07) is 5.16. The highest BCUT2D eigenvalue weighted by molar-refractivity contribution is 9.10. The van der Waals surface area contributed by atoms with E-state index in [1.807, 2.05) is 0 Å². The molecule has 2 nitrogen and oxygen atoms in total. The van der Waals surface area contributed by atoms with Crippen LogP contribution in [0.25, 0.3) is 0 Å². The summed E-state index contributed by atoms with van der Waals surface area (Å²) in [4.78, 5) is 2.55. The SMILES string of the molecule is Cc1cc(Br)c2c(c1)NCC1CCCN21. The van der Waals surface area contributed by atoms with E-state index in [1.54, 1.807) is 0 Å². The first-order chi connectivity index (χ1) is 7.25. The smallest absolute Gasteiger partial charge is 0.0749 e. The molecule has 80 valence electrons. The van der Waals surface area contributed by atoms with Crippen molar-refractivity contribution >= 4 is 27.3 Å². The fraction of sp³-hybridized carbons (Fsp3) is 0.500. The third-order valence-corrected chi connectivity index (χ3v) is 4.00. The van der Waals surface area contributed by atoms with Crippen molar-refractivity contribution in [3.05, 3.63) is 22.2 Å². The molecule has 0 spiro atoms. The van der Waals surface area contributed by atoms with E-state index in [0.29, 0.717) is 6.04 Å². The molecule has 2 heterocycles. The predicted molar refractivity (Wildman–Crippen MR) is 67.7 cm³/mol. The van der Waals surface area contributed by atoms with Gasteiger partial charge in [-0.1, -0.05) is 0 Å². The molecule has 1 atom stereocenters. The molecule has 1 aromatic carbocycles. The first-order valence-electron chi connectivity index (χ1n) is 5.56. The monoisotopic (exact) mass is 266 g/mol. The number of nitrogens with one attached hydrogen (secondary N) is 1. The third kappa shape index (κ3) is 1.44. The molecule has 0 radical (unpaired) electrons. The summed E-state index contributed by atoms with van der Waals surface area (Å²) in [5.41, 5.74) is 3.97. The number of nitrogens with zero attached hydrogens (tertiary/aromatic N) is 1. The Morgan fingerprint density at radius 3 is 3.20 bits per heavy atom. The Morgan fingerprint density at radius 1 is 1.47 bits per heavy atom. The summed E-state index contributed by atoms with van der Waals surface area (Å²) in [5, 5.41) is 3.54. The molecule has 15 heavy (non-hydrogen) atoms. The molecule has 0 aliphatic carbocycles. The van der Waals surface area contributed by atoms with E-state index >= 15 is 0 Å². The Hall–Kier alpha value is -0.700. The Balaban J connectivity index is 2.12. The van der Waals surface area contributed by atoms with Crippen LogP contribution in [0.3, 0.4) is 0 Å². The average Bonchev–Trinajstić information content (AvgIpc) is 2.63. The molecule has 0 bridgehead atoms. The molecule has 3 rings (SSSR count). The molecule has 0 saturated carbocycles. The molecule has 3 heteroatoms. The van der Waals surface area contributed by atoms with Gasteiger partial charge in [0.25, 0.3) is 0 Å². The molecule has 1 unspecified atom stereocenters. The number of benzene rings is 1. The van der Waals surface area contributed by atoms with Gasteiger partial charge in [0.05, 0.1) is 11.4 Å². The largest absolute Gasteiger partial charge is 0.381 e. The van der Waals surface area contributed by atoms with Crippen LogP contribution in [0.15, 0.2) is 16.6 Å². The van der Waals surface area contributed by atoms with E-state index in [-0.39, 0.29) is 0 Å². The van der Waals surface area contributed by atoms with Crippen LogP contribution in [0, 0.1) is 6.92 Å². The molecular weight excluding hydrogens is 252 g/mol. The summed E-state index contributed by atoms with van der Waals surface area (Å²) >= 11 is 3.69. The lowest BCUT2D eigenvalue weighted by atomic mass is 10.1. The van der Waals surface area contributed by atoms with Crippen molar-refractivity contribution in [3.63, 3.8) is 0 Å². The van der Waals surface area contributed by atoms with Gasteiger partial charge in [0, 0.05) is 23.6 Å². The van der Waals surface area contributed by atoms with Gasteiger partial charge in [0.1, 0.15) is 0 Å². The van der Waals surface area contributed by atoms with Crippen molar-refractivity contribution < 1.29 is 0 Å². The number of fused-ring (bicyclic) bond motifs is 3. The van der Waals surface area contributed by atoms with Crippen LogP contribution in [0.1, 0.15) is 18.4 Å². The second-order valence-electron chi connectivity index (χ2n) is 4.51. The molecule has 0 aromatic heterocycles. The zero-order valence-electron chi connectivity index (χ0n) is 8.89. The van der Waals surface area contributed by atoms with Crippen molar-refractivity contribution in [2.45, 2.75) is 25.8 Å². The first-order valence-corrected chi connectivity index (χ1v) is 6.35. The van der Waals surface area contributed by atoms with Crippen LogP contribution < -0.4 is 10.2 Å². The maximum atomic E-state index is 3.69. The first kappa shape index (κ1) is 9.52. The minimum Gasteiger partial charge on any atom is -0.381 e. The predicted octanol–water partition coefficient (Wildman–Crippen LogP) is 3.15. The number of hydrogen-bond donors (Lipinski definition) is 1. The number of rotatable bonds is 0. The zero-order chi connectivity index (χ0) is 10.4. The summed E-state index contributed by atoms with van der Waals surface area (Å²) in [5.74, 6) is 0. The van der Waals surface area contributed by atoms with Crippen molar-refractivity contribution in [1.82, 2.24) is 0 Å². The lowest BCUT2D eigenvalue weighted by molar-refractivity contribution is 0.682. The molecule has 1 aromatic rings. The van der Waals surface area contributed by atoms with E-state index in [0.717, 1.165) is 6.54 Å². The summed E-state index contributed by atoms with van der Waals surface area (Å²) < 4.78 is 1.23. The fourth-order valence-electron chi connectivity index (χ4n) is 2.73. The highest BCUT2D eigenvalue weighted by Gasteiger charge is 2.31. The molecule has 0 amide bonds. The minimum atomic E-state index is 0.705. The molecule has 1 N–H and O–H groups in total. The van der Waals surface area contributed by atoms with Gasteiger partial charge in [-0.25, -0.2) is 0 Å². The summed E-state index contributed by atoms with van der Waals surface area (Å²) in [6.07, 6.45) is 2.65. The van der Waals surface area contributed by atoms with E-state index in [4.69, 9.17) is 0 Å². The van der Waals surface area contributed by atoms with Gasteiger partial charge in [-0.2, -0.15) is 0 Å². The summed E-state index contributed by atoms with van der Waals surface area (Å²) in [6.45, 7) is 4.45. The quantitative estimate of drug-likeness (QED) is 0.776. The van der Waals surface area contributed by atoms with Crippen LogP contribution >= 0.6 is 15.9 Å². The molecular formula is C12H15BrN2.